The molecule has 0 fully saturated rings. The van der Waals surface area contributed by atoms with Crippen LogP contribution in [0.3, 0.4) is 0 Å². The van der Waals surface area contributed by atoms with Gasteiger partial charge < -0.3 is 9.84 Å². The summed E-state index contributed by atoms with van der Waals surface area (Å²) in [7, 11) is 0. The molecule has 0 aliphatic heterocycles. The quantitative estimate of drug-likeness (QED) is 0.159. The standard InChI is InChI=1S/C23H40O4/c1-3-5-6-7-8-9-10-11-12-13-14-15-16-17-18-21(20-22(24)25)23(26)27-19-4-2/h4,10-11,21H,2-3,5-9,12-20H2,1H3,(H,24,25)/b11-10+. The molecule has 0 aromatic heterocycles. The lowest BCUT2D eigenvalue weighted by molar-refractivity contribution is -0.152. The Kier molecular flexibility index (Phi) is 18.1. The monoisotopic (exact) mass is 380 g/mol. The number of ether oxygens (including phenoxy) is 1. The Hall–Kier alpha value is -1.58. The van der Waals surface area contributed by atoms with E-state index >= 15 is 0 Å². The smallest absolute Gasteiger partial charge is 0.309 e. The molecule has 0 spiro atoms. The zero-order valence-corrected chi connectivity index (χ0v) is 17.3. The van der Waals surface area contributed by atoms with Crippen LogP contribution in [0.4, 0.5) is 0 Å². The molecule has 0 saturated heterocycles. The zero-order chi connectivity index (χ0) is 20.2. The number of carboxylic acids is 1. The van der Waals surface area contributed by atoms with Crippen molar-refractivity contribution in [1.82, 2.24) is 0 Å². The van der Waals surface area contributed by atoms with Gasteiger partial charge in [-0.2, -0.15) is 0 Å². The summed E-state index contributed by atoms with van der Waals surface area (Å²) >= 11 is 0. The molecule has 0 aromatic rings. The first-order valence-electron chi connectivity index (χ1n) is 10.8. The van der Waals surface area contributed by atoms with Crippen LogP contribution in [-0.4, -0.2) is 23.7 Å². The van der Waals surface area contributed by atoms with Gasteiger partial charge >= 0.3 is 11.9 Å². The van der Waals surface area contributed by atoms with Crippen LogP contribution < -0.4 is 0 Å². The van der Waals surface area contributed by atoms with Gasteiger partial charge in [0.2, 0.25) is 0 Å². The van der Waals surface area contributed by atoms with Crippen molar-refractivity contribution < 1.29 is 19.4 Å². The van der Waals surface area contributed by atoms with E-state index in [1.54, 1.807) is 0 Å². The number of hydrogen-bond donors (Lipinski definition) is 1. The van der Waals surface area contributed by atoms with E-state index in [-0.39, 0.29) is 13.0 Å². The van der Waals surface area contributed by atoms with Crippen molar-refractivity contribution >= 4 is 11.9 Å². The van der Waals surface area contributed by atoms with Crippen LogP contribution in [0.2, 0.25) is 0 Å². The second-order valence-corrected chi connectivity index (χ2v) is 7.23. The first-order chi connectivity index (χ1) is 13.1. The lowest BCUT2D eigenvalue weighted by atomic mass is 9.97. The summed E-state index contributed by atoms with van der Waals surface area (Å²) in [5.74, 6) is -1.91. The van der Waals surface area contributed by atoms with Crippen LogP contribution in [0.5, 0.6) is 0 Å². The largest absolute Gasteiger partial charge is 0.481 e. The molecule has 1 unspecified atom stereocenters. The van der Waals surface area contributed by atoms with Gasteiger partial charge in [-0.1, -0.05) is 83.1 Å². The van der Waals surface area contributed by atoms with Crippen molar-refractivity contribution in [3.63, 3.8) is 0 Å². The Labute approximate surface area is 166 Å². The van der Waals surface area contributed by atoms with E-state index in [2.05, 4.69) is 25.7 Å². The lowest BCUT2D eigenvalue weighted by Gasteiger charge is -2.13. The van der Waals surface area contributed by atoms with Crippen molar-refractivity contribution in [2.75, 3.05) is 6.61 Å². The summed E-state index contributed by atoms with van der Waals surface area (Å²) in [6.45, 7) is 5.88. The maximum absolute atomic E-state index is 11.9. The maximum Gasteiger partial charge on any atom is 0.309 e. The molecule has 156 valence electrons. The Morgan fingerprint density at radius 3 is 2.04 bits per heavy atom. The average Bonchev–Trinajstić information content (AvgIpc) is 2.65. The SMILES string of the molecule is C=CCOC(=O)C(CCCCCCC/C=C/CCCCCCC)CC(=O)O. The highest BCUT2D eigenvalue weighted by atomic mass is 16.5. The lowest BCUT2D eigenvalue weighted by Crippen LogP contribution is -2.21. The van der Waals surface area contributed by atoms with Crippen molar-refractivity contribution in [1.29, 1.82) is 0 Å². The number of allylic oxidation sites excluding steroid dienone is 2. The number of aliphatic carboxylic acids is 1. The molecule has 0 aliphatic carbocycles. The average molecular weight is 381 g/mol. The Morgan fingerprint density at radius 2 is 1.48 bits per heavy atom. The van der Waals surface area contributed by atoms with Crippen LogP contribution in [0.25, 0.3) is 0 Å². The van der Waals surface area contributed by atoms with Gasteiger partial charge in [-0.15, -0.1) is 0 Å². The molecule has 0 rings (SSSR count). The van der Waals surface area contributed by atoms with Crippen LogP contribution in [-0.2, 0) is 14.3 Å². The fourth-order valence-electron chi connectivity index (χ4n) is 3.06. The first-order valence-corrected chi connectivity index (χ1v) is 10.8. The second-order valence-electron chi connectivity index (χ2n) is 7.23. The predicted molar refractivity (Wildman–Crippen MR) is 112 cm³/mol. The van der Waals surface area contributed by atoms with Crippen molar-refractivity contribution in [2.24, 2.45) is 5.92 Å². The molecule has 0 saturated carbocycles. The van der Waals surface area contributed by atoms with Gasteiger partial charge in [-0.05, 0) is 32.1 Å². The Bertz CT molecular complexity index is 415. The first kappa shape index (κ1) is 25.4. The highest BCUT2D eigenvalue weighted by Crippen LogP contribution is 2.17. The molecule has 4 heteroatoms. The van der Waals surface area contributed by atoms with Crippen LogP contribution >= 0.6 is 0 Å². The molecular formula is C23H40O4. The highest BCUT2D eigenvalue weighted by molar-refractivity contribution is 5.79. The van der Waals surface area contributed by atoms with E-state index in [1.807, 2.05) is 0 Å². The molecule has 0 bridgehead atoms. The molecule has 4 nitrogen and oxygen atoms in total. The molecular weight excluding hydrogens is 340 g/mol. The summed E-state index contributed by atoms with van der Waals surface area (Å²) < 4.78 is 5.00. The van der Waals surface area contributed by atoms with Crippen molar-refractivity contribution in [3.05, 3.63) is 24.8 Å². The summed E-state index contributed by atoms with van der Waals surface area (Å²) in [5, 5.41) is 8.94. The van der Waals surface area contributed by atoms with Gasteiger partial charge in [-0.3, -0.25) is 9.59 Å². The van der Waals surface area contributed by atoms with Gasteiger partial charge in [0.1, 0.15) is 6.61 Å². The predicted octanol–water partition coefficient (Wildman–Crippen LogP) is 6.45. The summed E-state index contributed by atoms with van der Waals surface area (Å²) in [4.78, 5) is 22.8. The number of rotatable bonds is 19. The molecule has 0 heterocycles. The summed E-state index contributed by atoms with van der Waals surface area (Å²) in [6, 6.07) is 0. The number of hydrogen-bond acceptors (Lipinski definition) is 3. The van der Waals surface area contributed by atoms with Crippen LogP contribution in [0, 0.1) is 5.92 Å². The third kappa shape index (κ3) is 17.6. The van der Waals surface area contributed by atoms with E-state index in [4.69, 9.17) is 9.84 Å². The topological polar surface area (TPSA) is 63.6 Å². The number of carbonyl (C=O) groups excluding carboxylic acids is 1. The number of unbranched alkanes of at least 4 members (excludes halogenated alkanes) is 10. The molecule has 27 heavy (non-hydrogen) atoms. The van der Waals surface area contributed by atoms with Gasteiger partial charge in [-0.25, -0.2) is 0 Å². The Morgan fingerprint density at radius 1 is 0.926 bits per heavy atom. The van der Waals surface area contributed by atoms with Gasteiger partial charge in [0.25, 0.3) is 0 Å². The summed E-state index contributed by atoms with van der Waals surface area (Å²) in [5.41, 5.74) is 0. The maximum atomic E-state index is 11.9. The zero-order valence-electron chi connectivity index (χ0n) is 17.3. The molecule has 0 aromatic carbocycles. The van der Waals surface area contributed by atoms with Crippen LogP contribution in [0.15, 0.2) is 24.8 Å². The van der Waals surface area contributed by atoms with E-state index < -0.39 is 17.9 Å². The third-order valence-corrected chi connectivity index (χ3v) is 4.66. The van der Waals surface area contributed by atoms with Crippen molar-refractivity contribution in [2.45, 2.75) is 96.8 Å². The number of carboxylic acid groups (broad SMARTS) is 1. The molecule has 0 amide bonds. The molecule has 0 aliphatic rings. The summed E-state index contributed by atoms with van der Waals surface area (Å²) in [6.07, 6.45) is 21.0. The minimum atomic E-state index is -0.951. The minimum absolute atomic E-state index is 0.140. The van der Waals surface area contributed by atoms with Crippen LogP contribution in [0.1, 0.15) is 96.8 Å². The van der Waals surface area contributed by atoms with E-state index in [0.29, 0.717) is 6.42 Å². The Balaban J connectivity index is 3.64. The fourth-order valence-corrected chi connectivity index (χ4v) is 3.06. The molecule has 1 N–H and O–H groups in total. The fraction of sp³-hybridized carbons (Fsp3) is 0.739. The van der Waals surface area contributed by atoms with E-state index in [0.717, 1.165) is 25.7 Å². The normalized spacial score (nSPS) is 12.2. The van der Waals surface area contributed by atoms with Crippen molar-refractivity contribution in [3.8, 4) is 0 Å². The second kappa shape index (κ2) is 19.2. The van der Waals surface area contributed by atoms with Gasteiger partial charge in [0, 0.05) is 0 Å². The third-order valence-electron chi connectivity index (χ3n) is 4.66. The van der Waals surface area contributed by atoms with E-state index in [9.17, 15) is 9.59 Å². The van der Waals surface area contributed by atoms with Gasteiger partial charge in [0.15, 0.2) is 0 Å². The molecule has 1 atom stereocenters. The highest BCUT2D eigenvalue weighted by Gasteiger charge is 2.22. The van der Waals surface area contributed by atoms with E-state index in [1.165, 1.54) is 57.4 Å². The molecule has 0 radical (unpaired) electrons. The minimum Gasteiger partial charge on any atom is -0.481 e. The number of esters is 1. The van der Waals surface area contributed by atoms with Gasteiger partial charge in [0.05, 0.1) is 12.3 Å². The number of carbonyl (C=O) groups is 2.